The molecular weight excluding hydrogens is 282 g/mol. The van der Waals surface area contributed by atoms with Crippen LogP contribution in [0, 0.1) is 5.92 Å². The van der Waals surface area contributed by atoms with Crippen molar-refractivity contribution in [2.24, 2.45) is 5.92 Å². The lowest BCUT2D eigenvalue weighted by atomic mass is 10.0. The zero-order chi connectivity index (χ0) is 15.9. The lowest BCUT2D eigenvalue weighted by Gasteiger charge is -2.23. The molecule has 2 heterocycles. The Hall–Kier alpha value is -1.73. The van der Waals surface area contributed by atoms with Crippen LogP contribution in [0.5, 0.6) is 0 Å². The molecular formula is C15H25N5O2. The number of anilines is 1. The van der Waals surface area contributed by atoms with E-state index in [1.165, 1.54) is 0 Å². The van der Waals surface area contributed by atoms with Crippen LogP contribution in [0.15, 0.2) is 12.4 Å². The number of carbonyl (C=O) groups is 1. The molecule has 7 nitrogen and oxygen atoms in total. The molecule has 1 amide bonds. The van der Waals surface area contributed by atoms with Crippen LogP contribution in [0.2, 0.25) is 0 Å². The molecule has 0 radical (unpaired) electrons. The Morgan fingerprint density at radius 2 is 2.32 bits per heavy atom. The standard InChI is InChI=1S/C15H25N5O2/c1-19(2)14-7-13(17-11-18-14)6-12-8-16-4-5-20(9-12)15(21)10-22-3/h7,11-12,16H,4-6,8-10H2,1-3H3. The minimum absolute atomic E-state index is 0.0490. The Morgan fingerprint density at radius 1 is 1.50 bits per heavy atom. The van der Waals surface area contributed by atoms with Gasteiger partial charge in [-0.05, 0) is 12.3 Å². The summed E-state index contributed by atoms with van der Waals surface area (Å²) in [5.41, 5.74) is 1.01. The average molecular weight is 307 g/mol. The summed E-state index contributed by atoms with van der Waals surface area (Å²) in [6, 6.07) is 2.01. The maximum atomic E-state index is 12.0. The summed E-state index contributed by atoms with van der Waals surface area (Å²) < 4.78 is 4.96. The third kappa shape index (κ3) is 4.64. The maximum absolute atomic E-state index is 12.0. The number of nitrogens with one attached hydrogen (secondary N) is 1. The summed E-state index contributed by atoms with van der Waals surface area (Å²) >= 11 is 0. The highest BCUT2D eigenvalue weighted by molar-refractivity contribution is 5.77. The van der Waals surface area contributed by atoms with Crippen LogP contribution in [0.25, 0.3) is 0 Å². The number of methoxy groups -OCH3 is 1. The molecule has 0 aliphatic carbocycles. The van der Waals surface area contributed by atoms with E-state index in [2.05, 4.69) is 15.3 Å². The monoisotopic (exact) mass is 307 g/mol. The number of hydrogen-bond acceptors (Lipinski definition) is 6. The lowest BCUT2D eigenvalue weighted by molar-refractivity contribution is -0.135. The van der Waals surface area contributed by atoms with Crippen LogP contribution in [-0.4, -0.2) is 74.8 Å². The van der Waals surface area contributed by atoms with Gasteiger partial charge in [-0.15, -0.1) is 0 Å². The fourth-order valence-electron chi connectivity index (χ4n) is 2.60. The summed E-state index contributed by atoms with van der Waals surface area (Å²) in [7, 11) is 5.48. The highest BCUT2D eigenvalue weighted by Gasteiger charge is 2.22. The van der Waals surface area contributed by atoms with Crippen molar-refractivity contribution >= 4 is 11.7 Å². The highest BCUT2D eigenvalue weighted by Crippen LogP contribution is 2.14. The SMILES string of the molecule is COCC(=O)N1CCNCC(Cc2cc(N(C)C)ncn2)C1. The van der Waals surface area contributed by atoms with Gasteiger partial charge in [-0.25, -0.2) is 9.97 Å². The van der Waals surface area contributed by atoms with Crippen molar-refractivity contribution in [3.05, 3.63) is 18.1 Å². The van der Waals surface area contributed by atoms with Crippen molar-refractivity contribution in [1.82, 2.24) is 20.2 Å². The molecule has 1 aliphatic rings. The third-order valence-corrected chi connectivity index (χ3v) is 3.76. The number of rotatable bonds is 5. The lowest BCUT2D eigenvalue weighted by Crippen LogP contribution is -2.38. The van der Waals surface area contributed by atoms with Crippen LogP contribution in [0.1, 0.15) is 5.69 Å². The quantitative estimate of drug-likeness (QED) is 0.811. The summed E-state index contributed by atoms with van der Waals surface area (Å²) in [5, 5.41) is 3.39. The van der Waals surface area contributed by atoms with E-state index in [1.54, 1.807) is 13.4 Å². The first-order chi connectivity index (χ1) is 10.6. The van der Waals surface area contributed by atoms with Crippen molar-refractivity contribution in [3.63, 3.8) is 0 Å². The number of aromatic nitrogens is 2. The molecule has 7 heteroatoms. The normalized spacial score (nSPS) is 18.9. The Bertz CT molecular complexity index is 495. The van der Waals surface area contributed by atoms with Gasteiger partial charge >= 0.3 is 0 Å². The van der Waals surface area contributed by atoms with Gasteiger partial charge in [-0.1, -0.05) is 0 Å². The van der Waals surface area contributed by atoms with Gasteiger partial charge in [0.05, 0.1) is 0 Å². The van der Waals surface area contributed by atoms with Crippen LogP contribution >= 0.6 is 0 Å². The minimum Gasteiger partial charge on any atom is -0.375 e. The molecule has 1 saturated heterocycles. The molecule has 22 heavy (non-hydrogen) atoms. The van der Waals surface area contributed by atoms with Crippen molar-refractivity contribution in [2.75, 3.05) is 58.9 Å². The number of hydrogen-bond donors (Lipinski definition) is 1. The molecule has 1 N–H and O–H groups in total. The average Bonchev–Trinajstić information content (AvgIpc) is 2.73. The molecule has 1 aliphatic heterocycles. The summed E-state index contributed by atoms with van der Waals surface area (Å²) in [6.45, 7) is 3.31. The number of ether oxygens (including phenoxy) is 1. The molecule has 1 unspecified atom stereocenters. The molecule has 0 spiro atoms. The van der Waals surface area contributed by atoms with E-state index in [-0.39, 0.29) is 12.5 Å². The zero-order valence-corrected chi connectivity index (χ0v) is 13.6. The fourth-order valence-corrected chi connectivity index (χ4v) is 2.60. The first kappa shape index (κ1) is 16.6. The molecule has 0 bridgehead atoms. The maximum Gasteiger partial charge on any atom is 0.248 e. The molecule has 2 rings (SSSR count). The number of amides is 1. The van der Waals surface area contributed by atoms with E-state index in [1.807, 2.05) is 30.0 Å². The highest BCUT2D eigenvalue weighted by atomic mass is 16.5. The van der Waals surface area contributed by atoms with Crippen LogP contribution in [0.4, 0.5) is 5.82 Å². The zero-order valence-electron chi connectivity index (χ0n) is 13.6. The second-order valence-corrected chi connectivity index (χ2v) is 5.81. The summed E-state index contributed by atoms with van der Waals surface area (Å²) in [4.78, 5) is 24.5. The molecule has 0 saturated carbocycles. The Labute approximate surface area is 131 Å². The van der Waals surface area contributed by atoms with E-state index in [0.717, 1.165) is 44.1 Å². The predicted molar refractivity (Wildman–Crippen MR) is 84.9 cm³/mol. The van der Waals surface area contributed by atoms with Gasteiger partial charge in [0, 0.05) is 59.1 Å². The van der Waals surface area contributed by atoms with Gasteiger partial charge in [-0.2, -0.15) is 0 Å². The van der Waals surface area contributed by atoms with Crippen LogP contribution in [0.3, 0.4) is 0 Å². The van der Waals surface area contributed by atoms with Gasteiger partial charge in [0.1, 0.15) is 18.8 Å². The first-order valence-corrected chi connectivity index (χ1v) is 7.56. The van der Waals surface area contributed by atoms with Gasteiger partial charge in [0.2, 0.25) is 5.91 Å². The first-order valence-electron chi connectivity index (χ1n) is 7.56. The van der Waals surface area contributed by atoms with E-state index < -0.39 is 0 Å². The van der Waals surface area contributed by atoms with Crippen LogP contribution in [-0.2, 0) is 16.0 Å². The summed E-state index contributed by atoms with van der Waals surface area (Å²) in [5.74, 6) is 1.29. The fraction of sp³-hybridized carbons (Fsp3) is 0.667. The molecule has 1 atom stereocenters. The third-order valence-electron chi connectivity index (χ3n) is 3.76. The van der Waals surface area contributed by atoms with Crippen molar-refractivity contribution in [2.45, 2.75) is 6.42 Å². The van der Waals surface area contributed by atoms with Gasteiger partial charge in [-0.3, -0.25) is 4.79 Å². The largest absolute Gasteiger partial charge is 0.375 e. The molecule has 0 aromatic carbocycles. The van der Waals surface area contributed by atoms with Gasteiger partial charge in [0.15, 0.2) is 0 Å². The van der Waals surface area contributed by atoms with E-state index >= 15 is 0 Å². The Morgan fingerprint density at radius 3 is 3.05 bits per heavy atom. The summed E-state index contributed by atoms with van der Waals surface area (Å²) in [6.07, 6.45) is 2.43. The van der Waals surface area contributed by atoms with Crippen molar-refractivity contribution < 1.29 is 9.53 Å². The van der Waals surface area contributed by atoms with Crippen molar-refractivity contribution in [1.29, 1.82) is 0 Å². The molecule has 1 aromatic heterocycles. The Balaban J connectivity index is 2.01. The van der Waals surface area contributed by atoms with E-state index in [9.17, 15) is 4.79 Å². The van der Waals surface area contributed by atoms with Crippen molar-refractivity contribution in [3.8, 4) is 0 Å². The second-order valence-electron chi connectivity index (χ2n) is 5.81. The topological polar surface area (TPSA) is 70.6 Å². The van der Waals surface area contributed by atoms with Gasteiger partial charge in [0.25, 0.3) is 0 Å². The smallest absolute Gasteiger partial charge is 0.248 e. The number of carbonyl (C=O) groups excluding carboxylic acids is 1. The minimum atomic E-state index is 0.0490. The number of nitrogens with zero attached hydrogens (tertiary/aromatic N) is 4. The predicted octanol–water partition coefficient (Wildman–Crippen LogP) is -0.220. The second kappa shape index (κ2) is 8.05. The Kier molecular flexibility index (Phi) is 6.09. The van der Waals surface area contributed by atoms with E-state index in [4.69, 9.17) is 4.74 Å². The molecule has 122 valence electrons. The molecule has 1 fully saturated rings. The molecule has 1 aromatic rings. The van der Waals surface area contributed by atoms with E-state index in [0.29, 0.717) is 5.92 Å². The van der Waals surface area contributed by atoms with Gasteiger partial charge < -0.3 is 19.9 Å². The van der Waals surface area contributed by atoms with Crippen LogP contribution < -0.4 is 10.2 Å².